The predicted octanol–water partition coefficient (Wildman–Crippen LogP) is 4.24. The smallest absolute Gasteiger partial charge is 0.255 e. The van der Waals surface area contributed by atoms with Crippen molar-refractivity contribution >= 4 is 29.1 Å². The first-order valence-corrected chi connectivity index (χ1v) is 9.41. The van der Waals surface area contributed by atoms with Gasteiger partial charge in [0.25, 0.3) is 5.91 Å². The molecule has 2 aromatic rings. The molecule has 3 rings (SSSR count). The Labute approximate surface area is 163 Å². The van der Waals surface area contributed by atoms with E-state index in [1.54, 1.807) is 24.4 Å². The highest BCUT2D eigenvalue weighted by molar-refractivity contribution is 6.36. The number of amides is 1. The van der Waals surface area contributed by atoms with Gasteiger partial charge in [0.2, 0.25) is 5.89 Å². The van der Waals surface area contributed by atoms with E-state index < -0.39 is 0 Å². The van der Waals surface area contributed by atoms with Crippen molar-refractivity contribution in [2.24, 2.45) is 0 Å². The van der Waals surface area contributed by atoms with Gasteiger partial charge in [-0.1, -0.05) is 44.0 Å². The zero-order valence-corrected chi connectivity index (χ0v) is 16.8. The van der Waals surface area contributed by atoms with Crippen molar-refractivity contribution in [3.63, 3.8) is 0 Å². The van der Waals surface area contributed by atoms with Crippen LogP contribution in [-0.4, -0.2) is 46.9 Å². The van der Waals surface area contributed by atoms with E-state index in [-0.39, 0.29) is 11.3 Å². The van der Waals surface area contributed by atoms with Gasteiger partial charge in [-0.2, -0.15) is 0 Å². The summed E-state index contributed by atoms with van der Waals surface area (Å²) in [5.74, 6) is 1.55. The Bertz CT molecular complexity index is 790. The predicted molar refractivity (Wildman–Crippen MR) is 103 cm³/mol. The molecule has 0 unspecified atom stereocenters. The SMILES string of the molecule is CC(C)(C)c1cnc(CN2CCN(C(=O)c3ccc(Cl)cc3Cl)CC2)o1. The summed E-state index contributed by atoms with van der Waals surface area (Å²) in [6.07, 6.45) is 1.80. The highest BCUT2D eigenvalue weighted by Gasteiger charge is 2.25. The van der Waals surface area contributed by atoms with Crippen LogP contribution in [0.1, 0.15) is 42.8 Å². The molecule has 0 N–H and O–H groups in total. The largest absolute Gasteiger partial charge is 0.444 e. The van der Waals surface area contributed by atoms with E-state index in [1.165, 1.54) is 0 Å². The molecule has 1 amide bonds. The monoisotopic (exact) mass is 395 g/mol. The number of oxazole rings is 1. The lowest BCUT2D eigenvalue weighted by atomic mass is 9.94. The van der Waals surface area contributed by atoms with Crippen molar-refractivity contribution in [1.29, 1.82) is 0 Å². The first kappa shape index (κ1) is 19.2. The van der Waals surface area contributed by atoms with Crippen molar-refractivity contribution in [3.05, 3.63) is 51.7 Å². The van der Waals surface area contributed by atoms with Gasteiger partial charge in [-0.15, -0.1) is 0 Å². The van der Waals surface area contributed by atoms with E-state index >= 15 is 0 Å². The van der Waals surface area contributed by atoms with Crippen LogP contribution in [0.3, 0.4) is 0 Å². The standard InChI is InChI=1S/C19H23Cl2N3O2/c1-19(2,3)16-11-22-17(26-16)12-23-6-8-24(9-7-23)18(25)14-5-4-13(20)10-15(14)21/h4-5,10-11H,6-9,12H2,1-3H3. The lowest BCUT2D eigenvalue weighted by Gasteiger charge is -2.34. The Morgan fingerprint density at radius 3 is 2.46 bits per heavy atom. The zero-order chi connectivity index (χ0) is 18.9. The summed E-state index contributed by atoms with van der Waals surface area (Å²) < 4.78 is 5.86. The number of aromatic nitrogens is 1. The molecule has 0 radical (unpaired) electrons. The Morgan fingerprint density at radius 1 is 1.19 bits per heavy atom. The molecular weight excluding hydrogens is 373 g/mol. The van der Waals surface area contributed by atoms with Crippen molar-refractivity contribution in [3.8, 4) is 0 Å². The number of halogens is 2. The van der Waals surface area contributed by atoms with Crippen molar-refractivity contribution in [2.75, 3.05) is 26.2 Å². The quantitative estimate of drug-likeness (QED) is 0.779. The first-order valence-electron chi connectivity index (χ1n) is 8.66. The summed E-state index contributed by atoms with van der Waals surface area (Å²) in [4.78, 5) is 21.1. The van der Waals surface area contributed by atoms with Crippen LogP contribution in [0, 0.1) is 0 Å². The molecule has 1 aromatic heterocycles. The Morgan fingerprint density at radius 2 is 1.88 bits per heavy atom. The van der Waals surface area contributed by atoms with Crippen LogP contribution in [0.5, 0.6) is 0 Å². The number of rotatable bonds is 3. The molecule has 1 aliphatic rings. The fourth-order valence-electron chi connectivity index (χ4n) is 2.86. The number of carbonyl (C=O) groups excluding carboxylic acids is 1. The molecule has 7 heteroatoms. The maximum Gasteiger partial charge on any atom is 0.255 e. The molecule has 1 saturated heterocycles. The third kappa shape index (κ3) is 4.40. The average Bonchev–Trinajstić information content (AvgIpc) is 3.04. The van der Waals surface area contributed by atoms with Gasteiger partial charge in [-0.3, -0.25) is 9.69 Å². The van der Waals surface area contributed by atoms with Gasteiger partial charge in [0, 0.05) is 36.6 Å². The number of hydrogen-bond acceptors (Lipinski definition) is 4. The van der Waals surface area contributed by atoms with Gasteiger partial charge >= 0.3 is 0 Å². The number of nitrogens with zero attached hydrogens (tertiary/aromatic N) is 3. The van der Waals surface area contributed by atoms with Crippen LogP contribution < -0.4 is 0 Å². The summed E-state index contributed by atoms with van der Waals surface area (Å²) in [5.41, 5.74) is 0.445. The van der Waals surface area contributed by atoms with Crippen molar-refractivity contribution < 1.29 is 9.21 Å². The number of piperazine rings is 1. The minimum absolute atomic E-state index is 0.0474. The third-order valence-electron chi connectivity index (χ3n) is 4.47. The van der Waals surface area contributed by atoms with E-state index in [9.17, 15) is 4.79 Å². The second-order valence-electron chi connectivity index (χ2n) is 7.56. The van der Waals surface area contributed by atoms with Crippen LogP contribution in [0.25, 0.3) is 0 Å². The molecule has 5 nitrogen and oxygen atoms in total. The normalized spacial score (nSPS) is 16.1. The van der Waals surface area contributed by atoms with E-state index in [4.69, 9.17) is 27.6 Å². The zero-order valence-electron chi connectivity index (χ0n) is 15.3. The van der Waals surface area contributed by atoms with Crippen LogP contribution in [0.15, 0.2) is 28.8 Å². The second-order valence-corrected chi connectivity index (χ2v) is 8.40. The Balaban J connectivity index is 1.57. The number of benzene rings is 1. The molecule has 26 heavy (non-hydrogen) atoms. The topological polar surface area (TPSA) is 49.6 Å². The Hall–Kier alpha value is -1.56. The molecule has 0 saturated carbocycles. The van der Waals surface area contributed by atoms with Crippen molar-refractivity contribution in [2.45, 2.75) is 32.7 Å². The maximum absolute atomic E-state index is 12.7. The summed E-state index contributed by atoms with van der Waals surface area (Å²) >= 11 is 12.1. The summed E-state index contributed by atoms with van der Waals surface area (Å²) in [6, 6.07) is 4.97. The van der Waals surface area contributed by atoms with E-state index in [0.717, 1.165) is 24.7 Å². The van der Waals surface area contributed by atoms with Crippen LogP contribution in [-0.2, 0) is 12.0 Å². The van der Waals surface area contributed by atoms with Gasteiger partial charge < -0.3 is 9.32 Å². The highest BCUT2D eigenvalue weighted by atomic mass is 35.5. The van der Waals surface area contributed by atoms with E-state index in [0.29, 0.717) is 35.2 Å². The highest BCUT2D eigenvalue weighted by Crippen LogP contribution is 2.24. The molecule has 0 spiro atoms. The van der Waals surface area contributed by atoms with Gasteiger partial charge in [0.1, 0.15) is 5.76 Å². The van der Waals surface area contributed by atoms with Crippen LogP contribution in [0.2, 0.25) is 10.0 Å². The molecule has 0 bridgehead atoms. The van der Waals surface area contributed by atoms with Crippen LogP contribution >= 0.6 is 23.2 Å². The summed E-state index contributed by atoms with van der Waals surface area (Å²) in [6.45, 7) is 9.78. The van der Waals surface area contributed by atoms with Gasteiger partial charge in [-0.05, 0) is 18.2 Å². The summed E-state index contributed by atoms with van der Waals surface area (Å²) in [5, 5.41) is 0.913. The molecule has 2 heterocycles. The molecular formula is C19H23Cl2N3O2. The minimum Gasteiger partial charge on any atom is -0.444 e. The van der Waals surface area contributed by atoms with E-state index in [2.05, 4.69) is 30.7 Å². The summed E-state index contributed by atoms with van der Waals surface area (Å²) in [7, 11) is 0. The molecule has 1 aromatic carbocycles. The van der Waals surface area contributed by atoms with Gasteiger partial charge in [0.15, 0.2) is 0 Å². The minimum atomic E-state index is -0.0579. The third-order valence-corrected chi connectivity index (χ3v) is 5.02. The fraction of sp³-hybridized carbons (Fsp3) is 0.474. The molecule has 140 valence electrons. The number of carbonyl (C=O) groups is 1. The molecule has 1 fully saturated rings. The Kier molecular flexibility index (Phi) is 5.61. The second kappa shape index (κ2) is 7.59. The lowest BCUT2D eigenvalue weighted by molar-refractivity contribution is 0.0617. The fourth-order valence-corrected chi connectivity index (χ4v) is 3.35. The van der Waals surface area contributed by atoms with Crippen molar-refractivity contribution in [1.82, 2.24) is 14.8 Å². The van der Waals surface area contributed by atoms with E-state index in [1.807, 2.05) is 4.90 Å². The molecule has 0 aliphatic carbocycles. The van der Waals surface area contributed by atoms with Gasteiger partial charge in [0.05, 0.1) is 23.3 Å². The maximum atomic E-state index is 12.7. The van der Waals surface area contributed by atoms with Crippen LogP contribution in [0.4, 0.5) is 0 Å². The average molecular weight is 396 g/mol. The number of hydrogen-bond donors (Lipinski definition) is 0. The first-order chi connectivity index (χ1) is 12.2. The molecule has 1 aliphatic heterocycles. The molecule has 0 atom stereocenters. The lowest BCUT2D eigenvalue weighted by Crippen LogP contribution is -2.48. The van der Waals surface area contributed by atoms with Gasteiger partial charge in [-0.25, -0.2) is 4.98 Å².